The molecule has 1 aromatic carbocycles. The first-order valence-corrected chi connectivity index (χ1v) is 7.98. The van der Waals surface area contributed by atoms with Gasteiger partial charge in [-0.3, -0.25) is 9.80 Å². The van der Waals surface area contributed by atoms with Crippen molar-refractivity contribution in [1.82, 2.24) is 9.80 Å². The summed E-state index contributed by atoms with van der Waals surface area (Å²) in [6.45, 7) is 3.16. The molecule has 2 aliphatic heterocycles. The molecule has 0 aromatic heterocycles. The lowest BCUT2D eigenvalue weighted by Crippen LogP contribution is -2.46. The number of nitrogens with two attached hydrogens (primary N) is 1. The van der Waals surface area contributed by atoms with Gasteiger partial charge < -0.3 is 5.73 Å². The molecule has 3 nitrogen and oxygen atoms in total. The third kappa shape index (κ3) is 2.90. The van der Waals surface area contributed by atoms with Gasteiger partial charge in [0, 0.05) is 37.8 Å². The van der Waals surface area contributed by atoms with E-state index in [0.717, 1.165) is 25.0 Å². The molecule has 0 amide bonds. The van der Waals surface area contributed by atoms with Gasteiger partial charge in [-0.05, 0) is 38.3 Å². The normalized spacial score (nSPS) is 29.3. The Morgan fingerprint density at radius 1 is 1.15 bits per heavy atom. The Labute approximate surface area is 122 Å². The standard InChI is InChI=1S/C17H27N3/c1-19-15-7-8-16(19)13-20(10-9-15)17(12-18)11-14-5-3-2-4-6-14/h2-6,15-17H,7-13,18H2,1H3. The summed E-state index contributed by atoms with van der Waals surface area (Å²) < 4.78 is 0. The lowest BCUT2D eigenvalue weighted by molar-refractivity contribution is 0.173. The molecular formula is C17H27N3. The van der Waals surface area contributed by atoms with Crippen LogP contribution in [0.4, 0.5) is 0 Å². The van der Waals surface area contributed by atoms with Crippen molar-refractivity contribution in [2.75, 3.05) is 26.7 Å². The molecule has 0 saturated carbocycles. The van der Waals surface area contributed by atoms with E-state index in [4.69, 9.17) is 5.73 Å². The molecule has 3 rings (SSSR count). The van der Waals surface area contributed by atoms with Gasteiger partial charge in [-0.2, -0.15) is 0 Å². The number of benzene rings is 1. The topological polar surface area (TPSA) is 32.5 Å². The molecule has 3 heteroatoms. The van der Waals surface area contributed by atoms with Gasteiger partial charge in [-0.15, -0.1) is 0 Å². The van der Waals surface area contributed by atoms with Crippen LogP contribution in [-0.4, -0.2) is 54.6 Å². The summed E-state index contributed by atoms with van der Waals surface area (Å²) in [4.78, 5) is 5.25. The average Bonchev–Trinajstić information content (AvgIpc) is 2.71. The molecule has 3 atom stereocenters. The second-order valence-electron chi connectivity index (χ2n) is 6.41. The lowest BCUT2D eigenvalue weighted by Gasteiger charge is -2.32. The maximum absolute atomic E-state index is 6.08. The molecule has 0 radical (unpaired) electrons. The van der Waals surface area contributed by atoms with E-state index in [1.807, 2.05) is 0 Å². The number of rotatable bonds is 4. The van der Waals surface area contributed by atoms with Crippen molar-refractivity contribution in [3.05, 3.63) is 35.9 Å². The number of nitrogens with zero attached hydrogens (tertiary/aromatic N) is 2. The van der Waals surface area contributed by atoms with Crippen LogP contribution in [-0.2, 0) is 6.42 Å². The van der Waals surface area contributed by atoms with Crippen molar-refractivity contribution in [2.24, 2.45) is 5.73 Å². The van der Waals surface area contributed by atoms with Gasteiger partial charge in [-0.1, -0.05) is 30.3 Å². The zero-order valence-corrected chi connectivity index (χ0v) is 12.5. The summed E-state index contributed by atoms with van der Waals surface area (Å²) in [5.74, 6) is 0. The molecule has 2 saturated heterocycles. The molecule has 2 fully saturated rings. The number of likely N-dealkylation sites (N-methyl/N-ethyl adjacent to an activating group) is 1. The molecular weight excluding hydrogens is 246 g/mol. The van der Waals surface area contributed by atoms with Crippen LogP contribution in [0.2, 0.25) is 0 Å². The van der Waals surface area contributed by atoms with Gasteiger partial charge >= 0.3 is 0 Å². The van der Waals surface area contributed by atoms with Gasteiger partial charge in [0.1, 0.15) is 0 Å². The fourth-order valence-electron chi connectivity index (χ4n) is 3.91. The van der Waals surface area contributed by atoms with Gasteiger partial charge in [0.15, 0.2) is 0 Å². The van der Waals surface area contributed by atoms with Crippen LogP contribution >= 0.6 is 0 Å². The minimum atomic E-state index is 0.491. The predicted octanol–water partition coefficient (Wildman–Crippen LogP) is 1.72. The number of hydrogen-bond acceptors (Lipinski definition) is 3. The Hall–Kier alpha value is -0.900. The molecule has 0 spiro atoms. The monoisotopic (exact) mass is 273 g/mol. The third-order valence-corrected chi connectivity index (χ3v) is 5.28. The average molecular weight is 273 g/mol. The van der Waals surface area contributed by atoms with Crippen LogP contribution in [0.1, 0.15) is 24.8 Å². The Bertz CT molecular complexity index is 420. The van der Waals surface area contributed by atoms with Gasteiger partial charge in [0.25, 0.3) is 0 Å². The molecule has 2 bridgehead atoms. The lowest BCUT2D eigenvalue weighted by atomic mass is 10.0. The summed E-state index contributed by atoms with van der Waals surface area (Å²) in [6.07, 6.45) is 5.14. The maximum atomic E-state index is 6.08. The first-order valence-electron chi connectivity index (χ1n) is 7.98. The Morgan fingerprint density at radius 2 is 1.90 bits per heavy atom. The van der Waals surface area contributed by atoms with Crippen LogP contribution in [0.3, 0.4) is 0 Å². The van der Waals surface area contributed by atoms with Crippen molar-refractivity contribution in [3.63, 3.8) is 0 Å². The Kier molecular flexibility index (Phi) is 4.39. The fourth-order valence-corrected chi connectivity index (χ4v) is 3.91. The van der Waals surface area contributed by atoms with E-state index < -0.39 is 0 Å². The number of hydrogen-bond donors (Lipinski definition) is 1. The predicted molar refractivity (Wildman–Crippen MR) is 83.8 cm³/mol. The van der Waals surface area contributed by atoms with Crippen LogP contribution in [0, 0.1) is 0 Å². The van der Waals surface area contributed by atoms with E-state index in [1.165, 1.54) is 37.9 Å². The summed E-state index contributed by atoms with van der Waals surface area (Å²) >= 11 is 0. The van der Waals surface area contributed by atoms with Gasteiger partial charge in [0.2, 0.25) is 0 Å². The SMILES string of the molecule is CN1C2CCC1CN(C(CN)Cc1ccccc1)CC2. The highest BCUT2D eigenvalue weighted by Crippen LogP contribution is 2.29. The molecule has 2 aliphatic rings. The van der Waals surface area contributed by atoms with Crippen molar-refractivity contribution >= 4 is 0 Å². The van der Waals surface area contributed by atoms with Crippen LogP contribution in [0.5, 0.6) is 0 Å². The van der Waals surface area contributed by atoms with E-state index in [9.17, 15) is 0 Å². The highest BCUT2D eigenvalue weighted by molar-refractivity contribution is 5.16. The molecule has 1 aromatic rings. The maximum Gasteiger partial charge on any atom is 0.0259 e. The summed E-state index contributed by atoms with van der Waals surface area (Å²) in [7, 11) is 2.31. The van der Waals surface area contributed by atoms with Gasteiger partial charge in [-0.25, -0.2) is 0 Å². The Balaban J connectivity index is 1.67. The van der Waals surface area contributed by atoms with Crippen molar-refractivity contribution < 1.29 is 0 Å². The molecule has 2 N–H and O–H groups in total. The van der Waals surface area contributed by atoms with Crippen molar-refractivity contribution in [3.8, 4) is 0 Å². The highest BCUT2D eigenvalue weighted by atomic mass is 15.3. The quantitative estimate of drug-likeness (QED) is 0.907. The minimum Gasteiger partial charge on any atom is -0.329 e. The van der Waals surface area contributed by atoms with Crippen LogP contribution in [0.15, 0.2) is 30.3 Å². The van der Waals surface area contributed by atoms with E-state index in [-0.39, 0.29) is 0 Å². The van der Waals surface area contributed by atoms with Crippen molar-refractivity contribution in [2.45, 2.75) is 43.8 Å². The molecule has 0 aliphatic carbocycles. The van der Waals surface area contributed by atoms with Gasteiger partial charge in [0.05, 0.1) is 0 Å². The summed E-state index contributed by atoms with van der Waals surface area (Å²) in [6, 6.07) is 12.8. The molecule has 110 valence electrons. The molecule has 2 heterocycles. The largest absolute Gasteiger partial charge is 0.329 e. The van der Waals surface area contributed by atoms with E-state index in [1.54, 1.807) is 0 Å². The summed E-state index contributed by atoms with van der Waals surface area (Å²) in [5, 5.41) is 0. The van der Waals surface area contributed by atoms with Crippen molar-refractivity contribution in [1.29, 1.82) is 0 Å². The molecule has 3 unspecified atom stereocenters. The minimum absolute atomic E-state index is 0.491. The highest BCUT2D eigenvalue weighted by Gasteiger charge is 2.36. The molecule has 20 heavy (non-hydrogen) atoms. The zero-order chi connectivity index (χ0) is 13.9. The van der Waals surface area contributed by atoms with E-state index in [0.29, 0.717) is 6.04 Å². The third-order valence-electron chi connectivity index (χ3n) is 5.28. The number of likely N-dealkylation sites (tertiary alicyclic amines) is 1. The summed E-state index contributed by atoms with van der Waals surface area (Å²) in [5.41, 5.74) is 7.49. The first kappa shape index (κ1) is 14.1. The Morgan fingerprint density at radius 3 is 2.65 bits per heavy atom. The number of fused-ring (bicyclic) bond motifs is 2. The van der Waals surface area contributed by atoms with Crippen LogP contribution in [0.25, 0.3) is 0 Å². The first-order chi connectivity index (χ1) is 9.78. The second-order valence-corrected chi connectivity index (χ2v) is 6.41. The smallest absolute Gasteiger partial charge is 0.0259 e. The van der Waals surface area contributed by atoms with Crippen LogP contribution < -0.4 is 5.73 Å². The van der Waals surface area contributed by atoms with E-state index in [2.05, 4.69) is 47.2 Å². The zero-order valence-electron chi connectivity index (χ0n) is 12.5. The second kappa shape index (κ2) is 6.25. The fraction of sp³-hybridized carbons (Fsp3) is 0.647. The van der Waals surface area contributed by atoms with E-state index >= 15 is 0 Å².